The van der Waals surface area contributed by atoms with Crippen molar-refractivity contribution in [1.82, 2.24) is 15.2 Å². The van der Waals surface area contributed by atoms with E-state index in [1.165, 1.54) is 50.9 Å². The van der Waals surface area contributed by atoms with Crippen molar-refractivity contribution in [3.05, 3.63) is 53.9 Å². The molecule has 0 aliphatic carbocycles. The third-order valence-electron chi connectivity index (χ3n) is 4.95. The van der Waals surface area contributed by atoms with Crippen molar-refractivity contribution < 1.29 is 9.47 Å². The van der Waals surface area contributed by atoms with Crippen LogP contribution in [0.2, 0.25) is 0 Å². The molecule has 0 spiro atoms. The van der Waals surface area contributed by atoms with Crippen molar-refractivity contribution in [3.8, 4) is 11.5 Å². The summed E-state index contributed by atoms with van der Waals surface area (Å²) in [5.74, 6) is 1.53. The van der Waals surface area contributed by atoms with E-state index in [1.807, 2.05) is 24.4 Å². The molecule has 0 unspecified atom stereocenters. The molecule has 1 aliphatic rings. The SMILES string of the molecule is COc1ccc(CNCCCN2CCCCC2)cc1OCc1cccnc1. The highest BCUT2D eigenvalue weighted by Gasteiger charge is 2.09. The van der Waals surface area contributed by atoms with Gasteiger partial charge in [-0.25, -0.2) is 0 Å². The van der Waals surface area contributed by atoms with Gasteiger partial charge in [-0.15, -0.1) is 0 Å². The van der Waals surface area contributed by atoms with E-state index in [0.29, 0.717) is 6.61 Å². The second-order valence-corrected chi connectivity index (χ2v) is 7.07. The lowest BCUT2D eigenvalue weighted by Gasteiger charge is -2.26. The number of pyridine rings is 1. The van der Waals surface area contributed by atoms with Crippen LogP contribution in [0.25, 0.3) is 0 Å². The number of rotatable bonds is 10. The van der Waals surface area contributed by atoms with Gasteiger partial charge in [0, 0.05) is 24.5 Å². The van der Waals surface area contributed by atoms with Gasteiger partial charge in [0.25, 0.3) is 0 Å². The minimum absolute atomic E-state index is 0.483. The van der Waals surface area contributed by atoms with Crippen LogP contribution in [-0.2, 0) is 13.2 Å². The molecule has 0 bridgehead atoms. The number of methoxy groups -OCH3 is 1. The number of ether oxygens (including phenoxy) is 2. The first-order valence-corrected chi connectivity index (χ1v) is 9.97. The quantitative estimate of drug-likeness (QED) is 0.648. The van der Waals surface area contributed by atoms with Gasteiger partial charge >= 0.3 is 0 Å². The molecule has 2 heterocycles. The van der Waals surface area contributed by atoms with E-state index >= 15 is 0 Å². The molecule has 3 rings (SSSR count). The van der Waals surface area contributed by atoms with Crippen LogP contribution >= 0.6 is 0 Å². The molecule has 5 heteroatoms. The summed E-state index contributed by atoms with van der Waals surface area (Å²) in [4.78, 5) is 6.71. The molecular weight excluding hydrogens is 338 g/mol. The van der Waals surface area contributed by atoms with E-state index in [-0.39, 0.29) is 0 Å². The maximum Gasteiger partial charge on any atom is 0.161 e. The normalized spacial score (nSPS) is 14.9. The number of hydrogen-bond acceptors (Lipinski definition) is 5. The van der Waals surface area contributed by atoms with Gasteiger partial charge in [0.2, 0.25) is 0 Å². The summed E-state index contributed by atoms with van der Waals surface area (Å²) in [5, 5.41) is 3.55. The molecule has 27 heavy (non-hydrogen) atoms. The summed E-state index contributed by atoms with van der Waals surface area (Å²) in [7, 11) is 1.67. The molecule has 0 radical (unpaired) electrons. The summed E-state index contributed by atoms with van der Waals surface area (Å²) in [6.07, 6.45) is 8.90. The topological polar surface area (TPSA) is 46.6 Å². The lowest BCUT2D eigenvalue weighted by Crippen LogP contribution is -2.32. The average molecular weight is 370 g/mol. The highest BCUT2D eigenvalue weighted by atomic mass is 16.5. The molecule has 1 aromatic heterocycles. The third-order valence-corrected chi connectivity index (χ3v) is 4.95. The largest absolute Gasteiger partial charge is 0.493 e. The molecule has 1 aromatic carbocycles. The maximum atomic E-state index is 5.96. The van der Waals surface area contributed by atoms with Crippen molar-refractivity contribution in [1.29, 1.82) is 0 Å². The van der Waals surface area contributed by atoms with Crippen LogP contribution in [0, 0.1) is 0 Å². The predicted molar refractivity (Wildman–Crippen MR) is 108 cm³/mol. The third kappa shape index (κ3) is 6.52. The van der Waals surface area contributed by atoms with Crippen LogP contribution in [-0.4, -0.2) is 43.2 Å². The zero-order valence-electron chi connectivity index (χ0n) is 16.3. The highest BCUT2D eigenvalue weighted by molar-refractivity contribution is 5.43. The second-order valence-electron chi connectivity index (χ2n) is 7.07. The van der Waals surface area contributed by atoms with Gasteiger partial charge in [0.1, 0.15) is 6.61 Å². The Kier molecular flexibility index (Phi) is 7.93. The van der Waals surface area contributed by atoms with Crippen LogP contribution in [0.5, 0.6) is 11.5 Å². The Balaban J connectivity index is 1.44. The number of aromatic nitrogens is 1. The average Bonchev–Trinajstić information content (AvgIpc) is 2.73. The Morgan fingerprint density at radius 1 is 1.07 bits per heavy atom. The van der Waals surface area contributed by atoms with Crippen molar-refractivity contribution in [2.45, 2.75) is 38.8 Å². The summed E-state index contributed by atoms with van der Waals surface area (Å²) < 4.78 is 11.4. The zero-order valence-corrected chi connectivity index (χ0v) is 16.3. The van der Waals surface area contributed by atoms with E-state index in [1.54, 1.807) is 13.3 Å². The predicted octanol–water partition coefficient (Wildman–Crippen LogP) is 3.63. The molecule has 5 nitrogen and oxygen atoms in total. The molecule has 0 saturated carbocycles. The van der Waals surface area contributed by atoms with Crippen molar-refractivity contribution in [3.63, 3.8) is 0 Å². The summed E-state index contributed by atoms with van der Waals surface area (Å²) in [5.41, 5.74) is 2.25. The Hall–Kier alpha value is -2.11. The van der Waals surface area contributed by atoms with E-state index in [4.69, 9.17) is 9.47 Å². The van der Waals surface area contributed by atoms with E-state index in [2.05, 4.69) is 27.3 Å². The fraction of sp³-hybridized carbons (Fsp3) is 0.500. The van der Waals surface area contributed by atoms with Crippen molar-refractivity contribution in [2.75, 3.05) is 33.3 Å². The number of piperidine rings is 1. The van der Waals surface area contributed by atoms with Gasteiger partial charge < -0.3 is 19.7 Å². The minimum Gasteiger partial charge on any atom is -0.493 e. The van der Waals surface area contributed by atoms with Crippen LogP contribution < -0.4 is 14.8 Å². The van der Waals surface area contributed by atoms with Gasteiger partial charge in [-0.1, -0.05) is 18.6 Å². The zero-order chi connectivity index (χ0) is 18.7. The lowest BCUT2D eigenvalue weighted by atomic mass is 10.1. The first-order valence-electron chi connectivity index (χ1n) is 9.97. The Bertz CT molecular complexity index is 673. The summed E-state index contributed by atoms with van der Waals surface area (Å²) in [6.45, 7) is 6.11. The number of likely N-dealkylation sites (tertiary alicyclic amines) is 1. The van der Waals surface area contributed by atoms with Gasteiger partial charge in [-0.2, -0.15) is 0 Å². The van der Waals surface area contributed by atoms with Gasteiger partial charge in [0.05, 0.1) is 7.11 Å². The molecular formula is C22H31N3O2. The fourth-order valence-corrected chi connectivity index (χ4v) is 3.43. The number of benzene rings is 1. The van der Waals surface area contributed by atoms with E-state index < -0.39 is 0 Å². The number of nitrogens with zero attached hydrogens (tertiary/aromatic N) is 2. The van der Waals surface area contributed by atoms with Crippen molar-refractivity contribution in [2.24, 2.45) is 0 Å². The monoisotopic (exact) mass is 369 g/mol. The smallest absolute Gasteiger partial charge is 0.161 e. The fourth-order valence-electron chi connectivity index (χ4n) is 3.43. The Labute approximate surface area is 162 Å². The molecule has 0 atom stereocenters. The van der Waals surface area contributed by atoms with Gasteiger partial charge in [-0.05, 0) is 69.2 Å². The standard InChI is InChI=1S/C22H31N3O2/c1-26-21-9-8-19(15-22(21)27-18-20-7-5-10-23-17-20)16-24-11-6-14-25-12-3-2-4-13-25/h5,7-10,15,17,24H,2-4,6,11-14,16,18H2,1H3. The first kappa shape index (κ1) is 19.6. The number of nitrogens with one attached hydrogen (secondary N) is 1. The lowest BCUT2D eigenvalue weighted by molar-refractivity contribution is 0.225. The van der Waals surface area contributed by atoms with Crippen LogP contribution in [0.1, 0.15) is 36.8 Å². The van der Waals surface area contributed by atoms with Gasteiger partial charge in [-0.3, -0.25) is 4.98 Å². The van der Waals surface area contributed by atoms with Crippen molar-refractivity contribution >= 4 is 0 Å². The summed E-state index contributed by atoms with van der Waals surface area (Å²) >= 11 is 0. The Morgan fingerprint density at radius 2 is 1.96 bits per heavy atom. The molecule has 1 aliphatic heterocycles. The maximum absolute atomic E-state index is 5.96. The Morgan fingerprint density at radius 3 is 2.74 bits per heavy atom. The molecule has 1 N–H and O–H groups in total. The summed E-state index contributed by atoms with van der Waals surface area (Å²) in [6, 6.07) is 10.1. The first-order chi connectivity index (χ1) is 13.3. The molecule has 0 amide bonds. The van der Waals surface area contributed by atoms with E-state index in [9.17, 15) is 0 Å². The van der Waals surface area contributed by atoms with Gasteiger partial charge in [0.15, 0.2) is 11.5 Å². The second kappa shape index (κ2) is 10.9. The molecule has 146 valence electrons. The highest BCUT2D eigenvalue weighted by Crippen LogP contribution is 2.28. The molecule has 1 fully saturated rings. The number of hydrogen-bond donors (Lipinski definition) is 1. The van der Waals surface area contributed by atoms with Crippen LogP contribution in [0.3, 0.4) is 0 Å². The van der Waals surface area contributed by atoms with Crippen LogP contribution in [0.4, 0.5) is 0 Å². The molecule has 1 saturated heterocycles. The minimum atomic E-state index is 0.483. The van der Waals surface area contributed by atoms with Crippen LogP contribution in [0.15, 0.2) is 42.7 Å². The molecule has 2 aromatic rings. The van der Waals surface area contributed by atoms with E-state index in [0.717, 1.165) is 30.2 Å².